The molecule has 1 saturated carbocycles. The van der Waals surface area contributed by atoms with Gasteiger partial charge in [-0.05, 0) is 131 Å². The van der Waals surface area contributed by atoms with Crippen molar-refractivity contribution in [1.82, 2.24) is 25.8 Å². The minimum Gasteiger partial charge on any atom is -0.493 e. The molecule has 358 valence electrons. The maximum Gasteiger partial charge on any atom is 0.407 e. The van der Waals surface area contributed by atoms with Gasteiger partial charge in [-0.25, -0.2) is 4.79 Å². The number of nitrogens with one attached hydrogen (secondary N) is 3. The molecule has 3 aliphatic rings. The van der Waals surface area contributed by atoms with E-state index in [0.29, 0.717) is 50.9 Å². The second-order valence-corrected chi connectivity index (χ2v) is 19.7. The summed E-state index contributed by atoms with van der Waals surface area (Å²) in [7, 11) is 8.19. The number of hydrogen-bond donors (Lipinski definition) is 5. The molecule has 7 N–H and O–H groups in total. The SMILES string of the molecule is CN(C)CCCC[C@H](CC(=O)[C@@H](N)CC1CCC(CNC(=O)OC(C)(C)C)CC1)C(=O)N[C@@H]1CCOc2ccccc21.CN(C)CCCC[C@H](N)C(=O)N[C@@H]1CCOc2ccccc21. The van der Waals surface area contributed by atoms with Gasteiger partial charge in [0.15, 0.2) is 0 Å². The molecule has 2 aromatic rings. The maximum absolute atomic E-state index is 13.5. The molecule has 14 nitrogen and oxygen atoms in total. The number of nitrogens with zero attached hydrogens (tertiary/aromatic N) is 2. The summed E-state index contributed by atoms with van der Waals surface area (Å²) in [4.78, 5) is 55.4. The first-order valence-corrected chi connectivity index (χ1v) is 23.8. The van der Waals surface area contributed by atoms with E-state index in [0.717, 1.165) is 99.9 Å². The molecule has 0 radical (unpaired) electrons. The van der Waals surface area contributed by atoms with E-state index in [2.05, 4.69) is 39.8 Å². The highest BCUT2D eigenvalue weighted by Crippen LogP contribution is 2.34. The molecule has 1 aliphatic carbocycles. The number of unbranched alkanes of at least 4 members (excludes halogenated alkanes) is 2. The topological polar surface area (TPSA) is 191 Å². The summed E-state index contributed by atoms with van der Waals surface area (Å²) in [5.41, 5.74) is 14.0. The minimum absolute atomic E-state index is 0.00488. The van der Waals surface area contributed by atoms with E-state index in [-0.39, 0.29) is 42.2 Å². The number of nitrogens with two attached hydrogens (primary N) is 2. The zero-order chi connectivity index (χ0) is 46.6. The number of alkyl carbamates (subject to hydrolysis) is 1. The first kappa shape index (κ1) is 52.4. The monoisotopic (exact) mass is 892 g/mol. The maximum atomic E-state index is 13.5. The van der Waals surface area contributed by atoms with Gasteiger partial charge < -0.3 is 51.4 Å². The van der Waals surface area contributed by atoms with Gasteiger partial charge in [0.1, 0.15) is 22.9 Å². The van der Waals surface area contributed by atoms with E-state index in [4.69, 9.17) is 25.7 Å². The Bertz CT molecular complexity index is 1740. The van der Waals surface area contributed by atoms with Crippen LogP contribution in [-0.2, 0) is 19.1 Å². The number of amides is 3. The molecule has 0 bridgehead atoms. The molecule has 0 aromatic heterocycles. The van der Waals surface area contributed by atoms with Gasteiger partial charge >= 0.3 is 6.09 Å². The van der Waals surface area contributed by atoms with E-state index in [1.165, 1.54) is 0 Å². The van der Waals surface area contributed by atoms with Gasteiger partial charge in [-0.15, -0.1) is 0 Å². The fraction of sp³-hybridized carbons (Fsp3) is 0.680. The molecular formula is C50H81N7O7. The molecular weight excluding hydrogens is 811 g/mol. The number of fused-ring (bicyclic) bond motifs is 2. The highest BCUT2D eigenvalue weighted by molar-refractivity contribution is 5.89. The second kappa shape index (κ2) is 26.7. The Labute approximate surface area is 383 Å². The summed E-state index contributed by atoms with van der Waals surface area (Å²) < 4.78 is 16.7. The molecule has 3 amide bonds. The summed E-state index contributed by atoms with van der Waals surface area (Å²) >= 11 is 0. The fourth-order valence-electron chi connectivity index (χ4n) is 8.72. The number of ketones is 1. The Hall–Kier alpha value is -4.24. The Kier molecular flexibility index (Phi) is 21.8. The Balaban J connectivity index is 0.000000341. The van der Waals surface area contributed by atoms with Crippen LogP contribution >= 0.6 is 0 Å². The van der Waals surface area contributed by atoms with Crippen molar-refractivity contribution < 1.29 is 33.4 Å². The van der Waals surface area contributed by atoms with Crippen LogP contribution in [-0.4, -0.2) is 112 Å². The van der Waals surface area contributed by atoms with Gasteiger partial charge in [0.25, 0.3) is 0 Å². The number of Topliss-reactive ketones (excluding diaryl/α,β-unsaturated/α-hetero) is 1. The largest absolute Gasteiger partial charge is 0.493 e. The molecule has 5 atom stereocenters. The molecule has 1 fully saturated rings. The van der Waals surface area contributed by atoms with Gasteiger partial charge in [0.2, 0.25) is 11.8 Å². The lowest BCUT2D eigenvalue weighted by molar-refractivity contribution is -0.131. The van der Waals surface area contributed by atoms with E-state index < -0.39 is 23.6 Å². The normalized spacial score (nSPS) is 20.7. The lowest BCUT2D eigenvalue weighted by Gasteiger charge is -2.30. The second-order valence-electron chi connectivity index (χ2n) is 19.7. The molecule has 0 unspecified atom stereocenters. The molecule has 2 heterocycles. The van der Waals surface area contributed by atoms with Crippen LogP contribution in [0.2, 0.25) is 0 Å². The van der Waals surface area contributed by atoms with Crippen molar-refractivity contribution in [2.75, 3.05) is 61.0 Å². The molecule has 0 saturated heterocycles. The number of para-hydroxylation sites is 2. The standard InChI is InChI=1S/C33H54N4O5.C17H27N3O2/c1-33(2,3)42-32(40)35-22-24-15-13-23(14-16-24)20-27(34)29(38)21-25(10-8-9-18-37(4)5)31(39)36-28-17-19-41-30-12-7-6-11-26(28)30;1-20(2)11-6-5-8-14(18)17(21)19-15-10-12-22-16-9-4-3-7-13(15)16/h6-7,11-12,23-25,27-28H,8-10,13-22,34H2,1-5H3,(H,35,40)(H,36,39);3-4,7,9,14-15H,5-6,8,10-12,18H2,1-2H3,(H,19,21)/t23?,24?,25-,27+,28-;14-,15+/m10/s1. The summed E-state index contributed by atoms with van der Waals surface area (Å²) in [5, 5.41) is 9.19. The van der Waals surface area contributed by atoms with Gasteiger partial charge in [-0.1, -0.05) is 62.1 Å². The average molecular weight is 892 g/mol. The molecule has 0 spiro atoms. The smallest absolute Gasteiger partial charge is 0.407 e. The highest BCUT2D eigenvalue weighted by Gasteiger charge is 2.31. The average Bonchev–Trinajstić information content (AvgIpc) is 3.25. The van der Waals surface area contributed by atoms with Gasteiger partial charge in [0, 0.05) is 42.9 Å². The lowest BCUT2D eigenvalue weighted by atomic mass is 9.78. The van der Waals surface area contributed by atoms with Crippen LogP contribution in [0.5, 0.6) is 11.5 Å². The van der Waals surface area contributed by atoms with Crippen molar-refractivity contribution in [3.63, 3.8) is 0 Å². The van der Waals surface area contributed by atoms with Crippen LogP contribution in [0.15, 0.2) is 48.5 Å². The predicted molar refractivity (Wildman–Crippen MR) is 253 cm³/mol. The van der Waals surface area contributed by atoms with Crippen LogP contribution in [0.3, 0.4) is 0 Å². The first-order valence-electron chi connectivity index (χ1n) is 23.8. The molecule has 2 aliphatic heterocycles. The molecule has 2 aromatic carbocycles. The van der Waals surface area contributed by atoms with Crippen LogP contribution in [0.4, 0.5) is 4.79 Å². The van der Waals surface area contributed by atoms with E-state index in [1.807, 2.05) is 83.4 Å². The number of benzene rings is 2. The number of hydrogen-bond acceptors (Lipinski definition) is 11. The van der Waals surface area contributed by atoms with E-state index >= 15 is 0 Å². The number of rotatable bonds is 21. The molecule has 5 rings (SSSR count). The van der Waals surface area contributed by atoms with Crippen LogP contribution in [0, 0.1) is 17.8 Å². The van der Waals surface area contributed by atoms with Crippen molar-refractivity contribution >= 4 is 23.7 Å². The highest BCUT2D eigenvalue weighted by atomic mass is 16.6. The van der Waals surface area contributed by atoms with Crippen molar-refractivity contribution in [1.29, 1.82) is 0 Å². The number of ether oxygens (including phenoxy) is 3. The van der Waals surface area contributed by atoms with Crippen molar-refractivity contribution in [2.24, 2.45) is 29.2 Å². The van der Waals surface area contributed by atoms with Gasteiger partial charge in [-0.3, -0.25) is 14.4 Å². The predicted octanol–water partition coefficient (Wildman–Crippen LogP) is 6.67. The van der Waals surface area contributed by atoms with Gasteiger partial charge in [0.05, 0.1) is 37.4 Å². The summed E-state index contributed by atoms with van der Waals surface area (Å²) in [6.07, 6.45) is 11.2. The number of carbonyl (C=O) groups is 4. The van der Waals surface area contributed by atoms with Crippen molar-refractivity contribution in [3.8, 4) is 11.5 Å². The Morgan fingerprint density at radius 2 is 1.19 bits per heavy atom. The van der Waals surface area contributed by atoms with Crippen molar-refractivity contribution in [3.05, 3.63) is 59.7 Å². The summed E-state index contributed by atoms with van der Waals surface area (Å²) in [6.45, 7) is 9.33. The first-order chi connectivity index (χ1) is 30.5. The Morgan fingerprint density at radius 1 is 0.688 bits per heavy atom. The quantitative estimate of drug-likeness (QED) is 0.0842. The third-order valence-corrected chi connectivity index (χ3v) is 12.4. The fourth-order valence-corrected chi connectivity index (χ4v) is 8.72. The van der Waals surface area contributed by atoms with E-state index in [9.17, 15) is 19.2 Å². The summed E-state index contributed by atoms with van der Waals surface area (Å²) in [6, 6.07) is 14.6. The van der Waals surface area contributed by atoms with Crippen LogP contribution in [0.1, 0.15) is 134 Å². The van der Waals surface area contributed by atoms with Crippen molar-refractivity contribution in [2.45, 2.75) is 140 Å². The zero-order valence-corrected chi connectivity index (χ0v) is 40.0. The molecule has 14 heteroatoms. The number of carbonyl (C=O) groups excluding carboxylic acids is 4. The van der Waals surface area contributed by atoms with E-state index in [1.54, 1.807) is 0 Å². The van der Waals surface area contributed by atoms with Crippen LogP contribution in [0.25, 0.3) is 0 Å². The van der Waals surface area contributed by atoms with Crippen LogP contribution < -0.4 is 36.9 Å². The minimum atomic E-state index is -0.563. The lowest BCUT2D eigenvalue weighted by Crippen LogP contribution is -2.43. The molecule has 64 heavy (non-hydrogen) atoms. The third-order valence-electron chi connectivity index (χ3n) is 12.4. The van der Waals surface area contributed by atoms with Gasteiger partial charge in [-0.2, -0.15) is 0 Å². The summed E-state index contributed by atoms with van der Waals surface area (Å²) in [5.74, 6) is 1.91. The zero-order valence-electron chi connectivity index (χ0n) is 40.0. The third kappa shape index (κ3) is 18.7. The Morgan fingerprint density at radius 3 is 1.72 bits per heavy atom.